The van der Waals surface area contributed by atoms with Crippen LogP contribution in [0.5, 0.6) is 5.75 Å². The average Bonchev–Trinajstić information content (AvgIpc) is 2.64. The molecular weight excluding hydrogens is 414 g/mol. The lowest BCUT2D eigenvalue weighted by molar-refractivity contribution is 0.0738. The van der Waals surface area contributed by atoms with Crippen LogP contribution >= 0.6 is 27.5 Å². The Morgan fingerprint density at radius 3 is 2.27 bits per heavy atom. The zero-order valence-corrected chi connectivity index (χ0v) is 15.6. The molecule has 0 atom stereocenters. The molecule has 0 aliphatic carbocycles. The molecule has 4 rings (SSSR count). The molecule has 0 saturated heterocycles. The quantitative estimate of drug-likeness (QED) is 0.210. The fourth-order valence-corrected chi connectivity index (χ4v) is 3.23. The standard InChI is InChI=1S/C19H9BBrClN2O2/c20-12-9-13(21)16-17(24-15-4-2-1-3-14(15)23-16)18(12)26-19(25)10-5-7-11(22)8-6-10/h1-9H. The van der Waals surface area contributed by atoms with Crippen molar-refractivity contribution in [3.8, 4) is 5.75 Å². The molecule has 3 aromatic carbocycles. The number of ether oxygens (including phenoxy) is 1. The van der Waals surface area contributed by atoms with Crippen LogP contribution in [0.4, 0.5) is 0 Å². The second-order valence-electron chi connectivity index (χ2n) is 5.58. The lowest BCUT2D eigenvalue weighted by Gasteiger charge is -2.12. The summed E-state index contributed by atoms with van der Waals surface area (Å²) in [6.07, 6.45) is 0. The Hall–Kier alpha value is -2.44. The molecular formula is C19H9BBrClN2O2. The maximum Gasteiger partial charge on any atom is 0.343 e. The van der Waals surface area contributed by atoms with Gasteiger partial charge in [-0.25, -0.2) is 14.8 Å². The van der Waals surface area contributed by atoms with E-state index >= 15 is 0 Å². The number of carbonyl (C=O) groups is 1. The molecule has 1 heterocycles. The van der Waals surface area contributed by atoms with Crippen molar-refractivity contribution in [1.29, 1.82) is 0 Å². The first kappa shape index (κ1) is 17.0. The van der Waals surface area contributed by atoms with Gasteiger partial charge in [-0.1, -0.05) is 29.2 Å². The molecule has 0 saturated carbocycles. The van der Waals surface area contributed by atoms with Crippen LogP contribution in [0.25, 0.3) is 22.1 Å². The second-order valence-corrected chi connectivity index (χ2v) is 6.87. The molecule has 0 fully saturated rings. The molecule has 0 amide bonds. The predicted molar refractivity (Wildman–Crippen MR) is 107 cm³/mol. The monoisotopic (exact) mass is 422 g/mol. The van der Waals surface area contributed by atoms with E-state index < -0.39 is 5.97 Å². The lowest BCUT2D eigenvalue weighted by atomic mass is 9.94. The maximum atomic E-state index is 12.5. The van der Waals surface area contributed by atoms with Crippen molar-refractivity contribution in [2.24, 2.45) is 0 Å². The molecule has 0 aliphatic heterocycles. The maximum absolute atomic E-state index is 12.5. The molecule has 0 spiro atoms. The van der Waals surface area contributed by atoms with Crippen LogP contribution in [0.3, 0.4) is 0 Å². The van der Waals surface area contributed by atoms with E-state index in [9.17, 15) is 4.79 Å². The van der Waals surface area contributed by atoms with E-state index in [1.807, 2.05) is 24.3 Å². The van der Waals surface area contributed by atoms with Crippen molar-refractivity contribution in [2.75, 3.05) is 0 Å². The summed E-state index contributed by atoms with van der Waals surface area (Å²) < 4.78 is 6.23. The lowest BCUT2D eigenvalue weighted by Crippen LogP contribution is -2.17. The number of fused-ring (bicyclic) bond motifs is 2. The normalized spacial score (nSPS) is 11.0. The van der Waals surface area contributed by atoms with E-state index in [0.717, 1.165) is 5.52 Å². The molecule has 0 aliphatic rings. The van der Waals surface area contributed by atoms with Gasteiger partial charge in [-0.3, -0.25) is 0 Å². The third-order valence-corrected chi connectivity index (χ3v) is 4.69. The van der Waals surface area contributed by atoms with Crippen LogP contribution in [-0.4, -0.2) is 23.8 Å². The predicted octanol–water partition coefficient (Wildman–Crippen LogP) is 4.21. The van der Waals surface area contributed by atoms with Gasteiger partial charge in [-0.05, 0) is 58.4 Å². The van der Waals surface area contributed by atoms with Crippen molar-refractivity contribution in [3.63, 3.8) is 0 Å². The number of halogens is 2. The summed E-state index contributed by atoms with van der Waals surface area (Å²) in [6, 6.07) is 15.5. The third kappa shape index (κ3) is 3.06. The van der Waals surface area contributed by atoms with Crippen LogP contribution in [0.2, 0.25) is 5.02 Å². The van der Waals surface area contributed by atoms with E-state index in [1.165, 1.54) is 0 Å². The number of benzene rings is 3. The Morgan fingerprint density at radius 1 is 1.00 bits per heavy atom. The van der Waals surface area contributed by atoms with E-state index in [0.29, 0.717) is 31.6 Å². The first-order valence-corrected chi connectivity index (χ1v) is 8.82. The number of esters is 1. The van der Waals surface area contributed by atoms with Crippen LogP contribution in [0.1, 0.15) is 10.4 Å². The molecule has 1 aromatic heterocycles. The molecule has 0 N–H and O–H groups in total. The molecule has 2 radical (unpaired) electrons. The van der Waals surface area contributed by atoms with E-state index in [4.69, 9.17) is 24.2 Å². The molecule has 0 bridgehead atoms. The third-order valence-electron chi connectivity index (χ3n) is 3.83. The fraction of sp³-hybridized carbons (Fsp3) is 0. The van der Waals surface area contributed by atoms with Gasteiger partial charge < -0.3 is 4.74 Å². The number of nitrogens with zero attached hydrogens (tertiary/aromatic N) is 2. The van der Waals surface area contributed by atoms with Crippen LogP contribution < -0.4 is 10.2 Å². The molecule has 0 unspecified atom stereocenters. The smallest absolute Gasteiger partial charge is 0.343 e. The number of aromatic nitrogens is 2. The van der Waals surface area contributed by atoms with Gasteiger partial charge in [0.1, 0.15) is 18.9 Å². The Bertz CT molecular complexity index is 1170. The van der Waals surface area contributed by atoms with E-state index in [-0.39, 0.29) is 11.2 Å². The van der Waals surface area contributed by atoms with Crippen LogP contribution in [-0.2, 0) is 0 Å². The second kappa shape index (κ2) is 6.70. The van der Waals surface area contributed by atoms with Crippen molar-refractivity contribution in [3.05, 3.63) is 69.7 Å². The summed E-state index contributed by atoms with van der Waals surface area (Å²) in [5.74, 6) is -0.367. The highest BCUT2D eigenvalue weighted by molar-refractivity contribution is 9.10. The molecule has 4 aromatic rings. The zero-order chi connectivity index (χ0) is 18.3. The van der Waals surface area contributed by atoms with Gasteiger partial charge in [0.2, 0.25) is 0 Å². The summed E-state index contributed by atoms with van der Waals surface area (Å²) in [5, 5.41) is 0.535. The minimum Gasteiger partial charge on any atom is -0.421 e. The Morgan fingerprint density at radius 2 is 1.62 bits per heavy atom. The largest absolute Gasteiger partial charge is 0.421 e. The van der Waals surface area contributed by atoms with Gasteiger partial charge in [0.05, 0.1) is 16.6 Å². The summed E-state index contributed by atoms with van der Waals surface area (Å²) in [7, 11) is 6.09. The van der Waals surface area contributed by atoms with Crippen molar-refractivity contribution in [1.82, 2.24) is 9.97 Å². The van der Waals surface area contributed by atoms with E-state index in [2.05, 4.69) is 25.9 Å². The SMILES string of the molecule is [B]c1cc(Br)c2nc3ccccc3nc2c1OC(=O)c1ccc(Cl)cc1. The highest BCUT2D eigenvalue weighted by Crippen LogP contribution is 2.29. The molecule has 26 heavy (non-hydrogen) atoms. The Labute approximate surface area is 163 Å². The van der Waals surface area contributed by atoms with Crippen LogP contribution in [0, 0.1) is 0 Å². The molecule has 4 nitrogen and oxygen atoms in total. The first-order valence-electron chi connectivity index (χ1n) is 7.65. The topological polar surface area (TPSA) is 52.1 Å². The zero-order valence-electron chi connectivity index (χ0n) is 13.2. The first-order chi connectivity index (χ1) is 12.5. The van der Waals surface area contributed by atoms with Gasteiger partial charge in [0, 0.05) is 9.50 Å². The summed E-state index contributed by atoms with van der Waals surface area (Å²) in [4.78, 5) is 21.7. The van der Waals surface area contributed by atoms with Crippen LogP contribution in [0.15, 0.2) is 59.1 Å². The van der Waals surface area contributed by atoms with Crippen molar-refractivity contribution >= 4 is 68.9 Å². The van der Waals surface area contributed by atoms with Gasteiger partial charge in [0.25, 0.3) is 0 Å². The van der Waals surface area contributed by atoms with E-state index in [1.54, 1.807) is 30.3 Å². The van der Waals surface area contributed by atoms with Gasteiger partial charge >= 0.3 is 5.97 Å². The summed E-state index contributed by atoms with van der Waals surface area (Å²) in [5.41, 5.74) is 3.05. The highest BCUT2D eigenvalue weighted by atomic mass is 79.9. The summed E-state index contributed by atoms with van der Waals surface area (Å²) in [6.45, 7) is 0. The fourth-order valence-electron chi connectivity index (χ4n) is 2.58. The van der Waals surface area contributed by atoms with Crippen molar-refractivity contribution < 1.29 is 9.53 Å². The van der Waals surface area contributed by atoms with Gasteiger partial charge in [-0.15, -0.1) is 0 Å². The van der Waals surface area contributed by atoms with Crippen molar-refractivity contribution in [2.45, 2.75) is 0 Å². The van der Waals surface area contributed by atoms with Gasteiger partial charge in [-0.2, -0.15) is 0 Å². The van der Waals surface area contributed by atoms with Gasteiger partial charge in [0.15, 0.2) is 5.75 Å². The summed E-state index contributed by atoms with van der Waals surface area (Å²) >= 11 is 9.31. The molecule has 124 valence electrons. The minimum atomic E-state index is -0.549. The average molecular weight is 423 g/mol. The Balaban J connectivity index is 1.86. The highest BCUT2D eigenvalue weighted by Gasteiger charge is 2.17. The molecule has 7 heteroatoms. The number of rotatable bonds is 2. The Kier molecular flexibility index (Phi) is 4.38. The number of carbonyl (C=O) groups excluding carboxylic acids is 1. The number of hydrogen-bond donors (Lipinski definition) is 0. The number of hydrogen-bond acceptors (Lipinski definition) is 4. The minimum absolute atomic E-state index is 0.182. The number of para-hydroxylation sites is 2.